The Bertz CT molecular complexity index is 443. The predicted molar refractivity (Wildman–Crippen MR) is 79.5 cm³/mol. The largest absolute Gasteiger partial charge is 0.496 e. The van der Waals surface area contributed by atoms with Crippen LogP contribution in [0.3, 0.4) is 0 Å². The number of ether oxygens (including phenoxy) is 1. The molecule has 0 spiro atoms. The molecule has 1 aromatic rings. The summed E-state index contributed by atoms with van der Waals surface area (Å²) in [4.78, 5) is 1.70. The first kappa shape index (κ1) is 18.1. The van der Waals surface area contributed by atoms with E-state index in [9.17, 15) is 8.78 Å². The Kier molecular flexibility index (Phi) is 6.80. The molecule has 21 heavy (non-hydrogen) atoms. The number of hydrogen-bond donors (Lipinski definition) is 2. The summed E-state index contributed by atoms with van der Waals surface area (Å²) in [7, 11) is 1.46. The number of aliphatic hydroxyl groups excluding tert-OH is 1. The highest BCUT2D eigenvalue weighted by Gasteiger charge is 2.45. The van der Waals surface area contributed by atoms with E-state index in [2.05, 4.69) is 5.32 Å². The number of methoxy groups -OCH3 is 1. The molecule has 1 aromatic carbocycles. The molecule has 0 aromatic heterocycles. The van der Waals surface area contributed by atoms with Crippen LogP contribution >= 0.6 is 12.4 Å². The van der Waals surface area contributed by atoms with Crippen molar-refractivity contribution in [1.29, 1.82) is 0 Å². The number of piperazine rings is 1. The SMILES string of the molecule is COc1ccccc1[C@H](N1CCNCC1)C(F)(F)CO.Cl. The summed E-state index contributed by atoms with van der Waals surface area (Å²) in [5, 5.41) is 12.2. The van der Waals surface area contributed by atoms with Gasteiger partial charge in [0, 0.05) is 31.7 Å². The van der Waals surface area contributed by atoms with E-state index in [0.717, 1.165) is 0 Å². The van der Waals surface area contributed by atoms with Crippen LogP contribution < -0.4 is 10.1 Å². The molecule has 1 heterocycles. The minimum atomic E-state index is -3.22. The van der Waals surface area contributed by atoms with E-state index in [-0.39, 0.29) is 12.4 Å². The van der Waals surface area contributed by atoms with E-state index in [1.54, 1.807) is 29.2 Å². The molecular formula is C14H21ClF2N2O2. The number of halogens is 3. The molecule has 2 N–H and O–H groups in total. The Morgan fingerprint density at radius 1 is 1.33 bits per heavy atom. The molecule has 0 amide bonds. The minimum absolute atomic E-state index is 0. The monoisotopic (exact) mass is 322 g/mol. The second kappa shape index (κ2) is 7.89. The number of alkyl halides is 2. The van der Waals surface area contributed by atoms with Crippen molar-refractivity contribution in [2.24, 2.45) is 0 Å². The van der Waals surface area contributed by atoms with Gasteiger partial charge in [-0.25, -0.2) is 8.78 Å². The number of hydrogen-bond acceptors (Lipinski definition) is 4. The average Bonchev–Trinajstić information content (AvgIpc) is 2.49. The maximum absolute atomic E-state index is 14.2. The summed E-state index contributed by atoms with van der Waals surface area (Å²) in [6.45, 7) is 1.16. The van der Waals surface area contributed by atoms with Gasteiger partial charge in [-0.1, -0.05) is 18.2 Å². The second-order valence-electron chi connectivity index (χ2n) is 4.85. The summed E-state index contributed by atoms with van der Waals surface area (Å²) >= 11 is 0. The standard InChI is InChI=1S/C14H20F2N2O2.ClH/c1-20-12-5-3-2-4-11(12)13(14(15,16)10-19)18-8-6-17-7-9-18;/h2-5,13,17,19H,6-10H2,1H3;1H/t13-;/m0./s1. The first-order valence-corrected chi connectivity index (χ1v) is 6.66. The lowest BCUT2D eigenvalue weighted by molar-refractivity contribution is -0.119. The summed E-state index contributed by atoms with van der Waals surface area (Å²) in [6.07, 6.45) is 0. The van der Waals surface area contributed by atoms with Gasteiger partial charge in [-0.15, -0.1) is 12.4 Å². The number of para-hydroxylation sites is 1. The molecular weight excluding hydrogens is 302 g/mol. The molecule has 0 aliphatic carbocycles. The van der Waals surface area contributed by atoms with Crippen LogP contribution in [0.5, 0.6) is 5.75 Å². The van der Waals surface area contributed by atoms with E-state index < -0.39 is 18.6 Å². The van der Waals surface area contributed by atoms with Crippen LogP contribution in [-0.4, -0.2) is 55.8 Å². The van der Waals surface area contributed by atoms with Crippen molar-refractivity contribution in [3.8, 4) is 5.75 Å². The zero-order valence-corrected chi connectivity index (χ0v) is 12.7. The lowest BCUT2D eigenvalue weighted by Crippen LogP contribution is -2.51. The molecule has 0 unspecified atom stereocenters. The maximum atomic E-state index is 14.2. The number of benzene rings is 1. The molecule has 0 bridgehead atoms. The van der Waals surface area contributed by atoms with Gasteiger partial charge in [0.15, 0.2) is 0 Å². The highest BCUT2D eigenvalue weighted by molar-refractivity contribution is 5.85. The lowest BCUT2D eigenvalue weighted by Gasteiger charge is -2.39. The molecule has 1 saturated heterocycles. The normalized spacial score (nSPS) is 17.9. The molecule has 1 fully saturated rings. The van der Waals surface area contributed by atoms with Crippen molar-refractivity contribution in [2.45, 2.75) is 12.0 Å². The topological polar surface area (TPSA) is 44.7 Å². The predicted octanol–water partition coefficient (Wildman–Crippen LogP) is 1.69. The Morgan fingerprint density at radius 2 is 1.95 bits per heavy atom. The fraction of sp³-hybridized carbons (Fsp3) is 0.571. The highest BCUT2D eigenvalue weighted by atomic mass is 35.5. The third kappa shape index (κ3) is 4.03. The first-order chi connectivity index (χ1) is 9.60. The third-order valence-electron chi connectivity index (χ3n) is 3.56. The van der Waals surface area contributed by atoms with E-state index in [4.69, 9.17) is 9.84 Å². The van der Waals surface area contributed by atoms with E-state index in [0.29, 0.717) is 37.5 Å². The van der Waals surface area contributed by atoms with Crippen molar-refractivity contribution in [3.05, 3.63) is 29.8 Å². The van der Waals surface area contributed by atoms with Crippen LogP contribution in [0.2, 0.25) is 0 Å². The molecule has 0 saturated carbocycles. The minimum Gasteiger partial charge on any atom is -0.496 e. The van der Waals surface area contributed by atoms with E-state index in [1.165, 1.54) is 7.11 Å². The molecule has 2 rings (SSSR count). The van der Waals surface area contributed by atoms with Gasteiger partial charge in [0.05, 0.1) is 7.11 Å². The molecule has 0 radical (unpaired) electrons. The van der Waals surface area contributed by atoms with Gasteiger partial charge < -0.3 is 15.2 Å². The zero-order chi connectivity index (χ0) is 14.6. The Hall–Kier alpha value is -0.950. The van der Waals surface area contributed by atoms with Crippen molar-refractivity contribution in [2.75, 3.05) is 39.9 Å². The second-order valence-corrected chi connectivity index (χ2v) is 4.85. The van der Waals surface area contributed by atoms with Crippen LogP contribution in [0, 0.1) is 0 Å². The van der Waals surface area contributed by atoms with Crippen LogP contribution in [0.15, 0.2) is 24.3 Å². The zero-order valence-electron chi connectivity index (χ0n) is 11.9. The smallest absolute Gasteiger partial charge is 0.290 e. The van der Waals surface area contributed by atoms with Gasteiger partial charge in [0.2, 0.25) is 0 Å². The van der Waals surface area contributed by atoms with E-state index >= 15 is 0 Å². The van der Waals surface area contributed by atoms with Gasteiger partial charge in [0.25, 0.3) is 5.92 Å². The van der Waals surface area contributed by atoms with Gasteiger partial charge in [-0.2, -0.15) is 0 Å². The van der Waals surface area contributed by atoms with Gasteiger partial charge in [-0.05, 0) is 6.07 Å². The molecule has 7 heteroatoms. The van der Waals surface area contributed by atoms with Crippen molar-refractivity contribution < 1.29 is 18.6 Å². The van der Waals surface area contributed by atoms with Gasteiger partial charge in [0.1, 0.15) is 18.4 Å². The quantitative estimate of drug-likeness (QED) is 0.866. The van der Waals surface area contributed by atoms with Crippen molar-refractivity contribution in [1.82, 2.24) is 10.2 Å². The number of aliphatic hydroxyl groups is 1. The van der Waals surface area contributed by atoms with Crippen LogP contribution in [0.1, 0.15) is 11.6 Å². The Labute approximate surface area is 129 Å². The fourth-order valence-electron chi connectivity index (χ4n) is 2.61. The first-order valence-electron chi connectivity index (χ1n) is 6.66. The van der Waals surface area contributed by atoms with Crippen LogP contribution in [0.4, 0.5) is 8.78 Å². The maximum Gasteiger partial charge on any atom is 0.290 e. The van der Waals surface area contributed by atoms with Crippen molar-refractivity contribution in [3.63, 3.8) is 0 Å². The molecule has 120 valence electrons. The third-order valence-corrected chi connectivity index (χ3v) is 3.56. The van der Waals surface area contributed by atoms with Gasteiger partial charge in [-0.3, -0.25) is 4.90 Å². The van der Waals surface area contributed by atoms with Crippen LogP contribution in [0.25, 0.3) is 0 Å². The lowest BCUT2D eigenvalue weighted by atomic mass is 9.97. The van der Waals surface area contributed by atoms with Gasteiger partial charge >= 0.3 is 0 Å². The summed E-state index contributed by atoms with van der Waals surface area (Å²) in [5.41, 5.74) is 0.413. The van der Waals surface area contributed by atoms with Crippen molar-refractivity contribution >= 4 is 12.4 Å². The molecule has 4 nitrogen and oxygen atoms in total. The summed E-state index contributed by atoms with van der Waals surface area (Å²) in [5.74, 6) is -2.80. The molecule has 1 aliphatic heterocycles. The molecule has 1 atom stereocenters. The van der Waals surface area contributed by atoms with Crippen LogP contribution in [-0.2, 0) is 0 Å². The van der Waals surface area contributed by atoms with E-state index in [1.807, 2.05) is 0 Å². The summed E-state index contributed by atoms with van der Waals surface area (Å²) in [6, 6.07) is 5.58. The Morgan fingerprint density at radius 3 is 2.52 bits per heavy atom. The molecule has 1 aliphatic rings. The number of rotatable bonds is 5. The average molecular weight is 323 g/mol. The fourth-order valence-corrected chi connectivity index (χ4v) is 2.61. The summed E-state index contributed by atoms with van der Waals surface area (Å²) < 4.78 is 33.7. The Balaban J connectivity index is 0.00000220. The number of nitrogens with one attached hydrogen (secondary N) is 1. The number of nitrogens with zero attached hydrogens (tertiary/aromatic N) is 1. The highest BCUT2D eigenvalue weighted by Crippen LogP contribution is 2.40.